The highest BCUT2D eigenvalue weighted by molar-refractivity contribution is 5.84. The van der Waals surface area contributed by atoms with Crippen LogP contribution in [-0.4, -0.2) is 5.78 Å². The summed E-state index contributed by atoms with van der Waals surface area (Å²) in [6.07, 6.45) is 7.76. The summed E-state index contributed by atoms with van der Waals surface area (Å²) in [6.45, 7) is 2.27. The Morgan fingerprint density at radius 2 is 1.19 bits per heavy atom. The van der Waals surface area contributed by atoms with Crippen molar-refractivity contribution in [3.8, 4) is 0 Å². The number of rotatable bonds is 10. The summed E-state index contributed by atoms with van der Waals surface area (Å²) in [6, 6.07) is 15.3. The van der Waals surface area contributed by atoms with E-state index >= 15 is 0 Å². The summed E-state index contributed by atoms with van der Waals surface area (Å²) in [5.74, 6) is 1.40. The fourth-order valence-electron chi connectivity index (χ4n) is 4.82. The maximum absolute atomic E-state index is 13.1. The third-order valence-electron chi connectivity index (χ3n) is 6.41. The van der Waals surface area contributed by atoms with Crippen LogP contribution in [0.3, 0.4) is 0 Å². The molecular formula is C25H30N6O. The minimum atomic E-state index is 0.175. The Morgan fingerprint density at radius 3 is 1.56 bits per heavy atom. The number of ketones is 1. The van der Waals surface area contributed by atoms with Gasteiger partial charge in [-0.1, -0.05) is 65.7 Å². The number of carbonyl (C=O) groups excluding carboxylic acids is 1. The normalized spacial score (nSPS) is 20.3. The topological polar surface area (TPSA) is 115 Å². The number of hydrogen-bond acceptors (Lipinski definition) is 3. The number of carbonyl (C=O) groups is 1. The number of Topliss-reactive ketones (excluding diaryl/α,β-unsaturated/α-hetero) is 1. The molecule has 0 amide bonds. The molecule has 0 bridgehead atoms. The van der Waals surface area contributed by atoms with Gasteiger partial charge in [-0.25, -0.2) is 0 Å². The van der Waals surface area contributed by atoms with Crippen molar-refractivity contribution in [2.45, 2.75) is 58.3 Å². The first kappa shape index (κ1) is 23.4. The lowest BCUT2D eigenvalue weighted by atomic mass is 9.71. The molecule has 32 heavy (non-hydrogen) atoms. The van der Waals surface area contributed by atoms with Gasteiger partial charge in [0.05, 0.1) is 0 Å². The van der Waals surface area contributed by atoms with Gasteiger partial charge in [-0.2, -0.15) is 0 Å². The van der Waals surface area contributed by atoms with E-state index in [4.69, 9.17) is 11.1 Å². The van der Waals surface area contributed by atoms with Crippen LogP contribution in [0.1, 0.15) is 56.6 Å². The van der Waals surface area contributed by atoms with Gasteiger partial charge < -0.3 is 0 Å². The molecule has 166 valence electrons. The maximum Gasteiger partial charge on any atom is 0.139 e. The van der Waals surface area contributed by atoms with Crippen LogP contribution < -0.4 is 0 Å². The van der Waals surface area contributed by atoms with Crippen LogP contribution in [0.25, 0.3) is 20.9 Å². The van der Waals surface area contributed by atoms with Gasteiger partial charge in [-0.15, -0.1) is 0 Å². The lowest BCUT2D eigenvalue weighted by Crippen LogP contribution is -2.32. The van der Waals surface area contributed by atoms with Crippen LogP contribution in [0.5, 0.6) is 0 Å². The summed E-state index contributed by atoms with van der Waals surface area (Å²) in [7, 11) is 0. The van der Waals surface area contributed by atoms with Crippen LogP contribution >= 0.6 is 0 Å². The smallest absolute Gasteiger partial charge is 0.139 e. The van der Waals surface area contributed by atoms with Gasteiger partial charge in [-0.3, -0.25) is 4.79 Å². The predicted octanol–water partition coefficient (Wildman–Crippen LogP) is 8.15. The predicted molar refractivity (Wildman–Crippen MR) is 127 cm³/mol. The highest BCUT2D eigenvalue weighted by Crippen LogP contribution is 2.35. The Labute approximate surface area is 189 Å². The number of hydrogen-bond donors (Lipinski definition) is 0. The largest absolute Gasteiger partial charge is 0.299 e. The first-order chi connectivity index (χ1) is 15.6. The Kier molecular flexibility index (Phi) is 8.73. The Bertz CT molecular complexity index is 909. The molecule has 7 heteroatoms. The molecule has 2 aromatic carbocycles. The third kappa shape index (κ3) is 6.88. The lowest BCUT2D eigenvalue weighted by Gasteiger charge is -2.32. The molecule has 1 fully saturated rings. The maximum atomic E-state index is 13.1. The molecule has 0 saturated heterocycles. The van der Waals surface area contributed by atoms with Crippen molar-refractivity contribution in [1.82, 2.24) is 0 Å². The molecule has 0 N–H and O–H groups in total. The van der Waals surface area contributed by atoms with E-state index in [2.05, 4.69) is 27.0 Å². The minimum Gasteiger partial charge on any atom is -0.299 e. The molecule has 3 rings (SSSR count). The molecule has 0 radical (unpaired) electrons. The fraction of sp³-hybridized carbons (Fsp3) is 0.480. The van der Waals surface area contributed by atoms with Gasteiger partial charge in [0.25, 0.3) is 0 Å². The van der Waals surface area contributed by atoms with Gasteiger partial charge in [0.1, 0.15) is 5.78 Å². The number of azide groups is 2. The minimum absolute atomic E-state index is 0.175. The van der Waals surface area contributed by atoms with E-state index in [0.29, 0.717) is 23.1 Å². The molecule has 2 atom stereocenters. The first-order valence-electron chi connectivity index (χ1n) is 11.4. The summed E-state index contributed by atoms with van der Waals surface area (Å²) in [4.78, 5) is 18.7. The molecule has 0 heterocycles. The van der Waals surface area contributed by atoms with Crippen LogP contribution in [0.15, 0.2) is 58.8 Å². The molecule has 2 unspecified atom stereocenters. The Hall–Kier alpha value is -3.27. The molecule has 1 aliphatic carbocycles. The Balaban J connectivity index is 1.46. The van der Waals surface area contributed by atoms with Crippen molar-refractivity contribution in [3.63, 3.8) is 0 Å². The standard InChI is InChI=1S/C25H30N6O/c1-18-16-21(6-2-4-19-8-12-23(13-9-19)28-30-26)25(32)22(17-18)7-3-5-20-10-14-24(15-11-20)29-31-27/h8-15,18,21-22H,2-7,16-17H2,1H3. The van der Waals surface area contributed by atoms with Gasteiger partial charge in [0.15, 0.2) is 0 Å². The van der Waals surface area contributed by atoms with Crippen LogP contribution in [-0.2, 0) is 17.6 Å². The second-order valence-electron chi connectivity index (χ2n) is 8.87. The summed E-state index contributed by atoms with van der Waals surface area (Å²) < 4.78 is 0. The van der Waals surface area contributed by atoms with Crippen molar-refractivity contribution in [2.75, 3.05) is 0 Å². The number of benzene rings is 2. The van der Waals surface area contributed by atoms with Crippen molar-refractivity contribution in [3.05, 3.63) is 80.5 Å². The molecule has 1 saturated carbocycles. The van der Waals surface area contributed by atoms with E-state index in [1.54, 1.807) is 0 Å². The van der Waals surface area contributed by atoms with E-state index in [1.165, 1.54) is 11.1 Å². The number of aryl methyl sites for hydroxylation is 2. The van der Waals surface area contributed by atoms with Crippen LogP contribution in [0.2, 0.25) is 0 Å². The third-order valence-corrected chi connectivity index (χ3v) is 6.41. The molecule has 0 aromatic heterocycles. The van der Waals surface area contributed by atoms with Crippen LogP contribution in [0.4, 0.5) is 11.4 Å². The molecular weight excluding hydrogens is 400 g/mol. The summed E-state index contributed by atoms with van der Waals surface area (Å²) in [5.41, 5.74) is 20.7. The molecule has 0 aliphatic heterocycles. The molecule has 7 nitrogen and oxygen atoms in total. The van der Waals surface area contributed by atoms with Crippen molar-refractivity contribution >= 4 is 17.2 Å². The summed E-state index contributed by atoms with van der Waals surface area (Å²) in [5, 5.41) is 7.20. The monoisotopic (exact) mass is 430 g/mol. The molecule has 1 aliphatic rings. The van der Waals surface area contributed by atoms with Crippen molar-refractivity contribution in [2.24, 2.45) is 28.0 Å². The zero-order valence-electron chi connectivity index (χ0n) is 18.6. The average Bonchev–Trinajstić information content (AvgIpc) is 2.79. The molecule has 0 spiro atoms. The van der Waals surface area contributed by atoms with E-state index in [-0.39, 0.29) is 11.8 Å². The number of nitrogens with zero attached hydrogens (tertiary/aromatic N) is 6. The highest BCUT2D eigenvalue weighted by Gasteiger charge is 2.33. The first-order valence-corrected chi connectivity index (χ1v) is 11.4. The van der Waals surface area contributed by atoms with E-state index in [0.717, 1.165) is 51.4 Å². The second kappa shape index (κ2) is 11.9. The average molecular weight is 431 g/mol. The SMILES string of the molecule is CC1CC(CCCc2ccc(N=[N+]=[N-])cc2)C(=O)C(CCCc2ccc(N=[N+]=[N-])cc2)C1. The van der Waals surface area contributed by atoms with Gasteiger partial charge >= 0.3 is 0 Å². The highest BCUT2D eigenvalue weighted by atomic mass is 16.1. The second-order valence-corrected chi connectivity index (χ2v) is 8.87. The van der Waals surface area contributed by atoms with Crippen molar-refractivity contribution in [1.29, 1.82) is 0 Å². The van der Waals surface area contributed by atoms with Gasteiger partial charge in [0, 0.05) is 33.0 Å². The van der Waals surface area contributed by atoms with E-state index < -0.39 is 0 Å². The lowest BCUT2D eigenvalue weighted by molar-refractivity contribution is -0.131. The Morgan fingerprint density at radius 1 is 0.781 bits per heavy atom. The summed E-state index contributed by atoms with van der Waals surface area (Å²) >= 11 is 0. The van der Waals surface area contributed by atoms with E-state index in [1.807, 2.05) is 48.5 Å². The quantitative estimate of drug-likeness (QED) is 0.211. The van der Waals surface area contributed by atoms with Crippen molar-refractivity contribution < 1.29 is 4.79 Å². The van der Waals surface area contributed by atoms with Crippen LogP contribution in [0, 0.1) is 17.8 Å². The fourth-order valence-corrected chi connectivity index (χ4v) is 4.82. The van der Waals surface area contributed by atoms with Gasteiger partial charge in [0.2, 0.25) is 0 Å². The molecule has 2 aromatic rings. The zero-order valence-corrected chi connectivity index (χ0v) is 18.6. The van der Waals surface area contributed by atoms with E-state index in [9.17, 15) is 4.79 Å². The van der Waals surface area contributed by atoms with Gasteiger partial charge in [-0.05, 0) is 79.5 Å². The zero-order chi connectivity index (χ0) is 22.8.